The van der Waals surface area contributed by atoms with Crippen molar-refractivity contribution in [1.29, 1.82) is 0 Å². The van der Waals surface area contributed by atoms with Crippen molar-refractivity contribution in [2.24, 2.45) is 0 Å². The summed E-state index contributed by atoms with van der Waals surface area (Å²) in [5.41, 5.74) is -0.200. The van der Waals surface area contributed by atoms with Crippen LogP contribution in [0.4, 0.5) is 4.79 Å². The van der Waals surface area contributed by atoms with Crippen molar-refractivity contribution in [2.75, 3.05) is 34.3 Å². The van der Waals surface area contributed by atoms with Gasteiger partial charge in [0.05, 0.1) is 6.10 Å². The van der Waals surface area contributed by atoms with E-state index >= 15 is 0 Å². The molecule has 116 valence electrons. The minimum absolute atomic E-state index is 0.200. The first kappa shape index (κ1) is 16.7. The Morgan fingerprint density at radius 3 is 2.50 bits per heavy atom. The Morgan fingerprint density at radius 2 is 2.05 bits per heavy atom. The molecule has 1 rings (SSSR count). The number of hydrogen-bond donors (Lipinski definition) is 2. The van der Waals surface area contributed by atoms with Crippen LogP contribution in [0.1, 0.15) is 20.3 Å². The molecule has 1 aliphatic heterocycles. The van der Waals surface area contributed by atoms with E-state index in [9.17, 15) is 14.7 Å². The average molecular weight is 287 g/mol. The molecule has 1 heterocycles. The number of nitrogens with one attached hydrogen (secondary N) is 1. The Balaban J connectivity index is 2.64. The largest absolute Gasteiger partial charge is 0.480 e. The third kappa shape index (κ3) is 3.83. The number of carboxylic acids is 1. The summed E-state index contributed by atoms with van der Waals surface area (Å²) >= 11 is 0. The number of aliphatic carboxylic acids is 1. The van der Waals surface area contributed by atoms with Crippen LogP contribution in [0, 0.1) is 0 Å². The van der Waals surface area contributed by atoms with Crippen LogP contribution >= 0.6 is 0 Å². The summed E-state index contributed by atoms with van der Waals surface area (Å²) in [7, 11) is 5.40. The van der Waals surface area contributed by atoms with Gasteiger partial charge >= 0.3 is 12.0 Å². The van der Waals surface area contributed by atoms with Crippen molar-refractivity contribution >= 4 is 12.0 Å². The Morgan fingerprint density at radius 1 is 1.45 bits per heavy atom. The van der Waals surface area contributed by atoms with Gasteiger partial charge in [-0.3, -0.25) is 0 Å². The smallest absolute Gasteiger partial charge is 0.326 e. The lowest BCUT2D eigenvalue weighted by Gasteiger charge is -2.33. The van der Waals surface area contributed by atoms with Crippen LogP contribution in [-0.4, -0.2) is 78.9 Å². The van der Waals surface area contributed by atoms with E-state index < -0.39 is 12.0 Å². The number of amides is 2. The number of nitrogens with zero attached hydrogens (tertiary/aromatic N) is 2. The molecule has 1 saturated heterocycles. The number of carbonyl (C=O) groups excluding carboxylic acids is 1. The topological polar surface area (TPSA) is 82.1 Å². The number of likely N-dealkylation sites (N-methyl/N-ethyl adjacent to an activating group) is 1. The standard InChI is InChI=1S/C13H25N3O4/c1-13(2,15(3)4)8-14-12(19)16-7-9(20-5)6-10(16)11(17)18/h9-10H,6-8H2,1-5H3,(H,14,19)(H,17,18). The second-order valence-corrected chi connectivity index (χ2v) is 5.97. The number of ether oxygens (including phenoxy) is 1. The van der Waals surface area contributed by atoms with Gasteiger partial charge in [-0.2, -0.15) is 0 Å². The highest BCUT2D eigenvalue weighted by molar-refractivity contribution is 5.83. The van der Waals surface area contributed by atoms with Gasteiger partial charge in [0, 0.05) is 32.2 Å². The van der Waals surface area contributed by atoms with Crippen molar-refractivity contribution in [2.45, 2.75) is 38.0 Å². The number of likely N-dealkylation sites (tertiary alicyclic amines) is 1. The fourth-order valence-corrected chi connectivity index (χ4v) is 1.98. The molecule has 0 aromatic carbocycles. The van der Waals surface area contributed by atoms with Crippen LogP contribution in [0.3, 0.4) is 0 Å². The first-order valence-electron chi connectivity index (χ1n) is 6.66. The SMILES string of the molecule is COC1CC(C(=O)O)N(C(=O)NCC(C)(C)N(C)C)C1. The third-order valence-electron chi connectivity index (χ3n) is 4.02. The van der Waals surface area contributed by atoms with Crippen LogP contribution in [-0.2, 0) is 9.53 Å². The Kier molecular flexibility index (Phi) is 5.35. The summed E-state index contributed by atoms with van der Waals surface area (Å²) in [6.07, 6.45) is 0.111. The van der Waals surface area contributed by atoms with Gasteiger partial charge in [-0.1, -0.05) is 0 Å². The lowest BCUT2D eigenvalue weighted by molar-refractivity contribution is -0.141. The van der Waals surface area contributed by atoms with E-state index in [1.54, 1.807) is 0 Å². The number of urea groups is 1. The fraction of sp³-hybridized carbons (Fsp3) is 0.846. The average Bonchev–Trinajstić information content (AvgIpc) is 2.80. The van der Waals surface area contributed by atoms with Gasteiger partial charge in [0.25, 0.3) is 0 Å². The van der Waals surface area contributed by atoms with Crippen molar-refractivity contribution < 1.29 is 19.4 Å². The highest BCUT2D eigenvalue weighted by atomic mass is 16.5. The minimum Gasteiger partial charge on any atom is -0.480 e. The highest BCUT2D eigenvalue weighted by Gasteiger charge is 2.40. The quantitative estimate of drug-likeness (QED) is 0.755. The molecule has 0 aromatic heterocycles. The van der Waals surface area contributed by atoms with Gasteiger partial charge in [0.2, 0.25) is 0 Å². The summed E-state index contributed by atoms with van der Waals surface area (Å²) in [6, 6.07) is -1.17. The van der Waals surface area contributed by atoms with Gasteiger partial charge in [0.15, 0.2) is 0 Å². The maximum atomic E-state index is 12.2. The fourth-order valence-electron chi connectivity index (χ4n) is 1.98. The molecule has 2 N–H and O–H groups in total. The molecule has 1 aliphatic rings. The van der Waals surface area contributed by atoms with Crippen LogP contribution < -0.4 is 5.32 Å². The molecule has 2 unspecified atom stereocenters. The van der Waals surface area contributed by atoms with Crippen molar-refractivity contribution in [3.05, 3.63) is 0 Å². The van der Waals surface area contributed by atoms with E-state index in [1.807, 2.05) is 32.8 Å². The van der Waals surface area contributed by atoms with Crippen LogP contribution in [0.15, 0.2) is 0 Å². The van der Waals surface area contributed by atoms with Gasteiger partial charge in [-0.25, -0.2) is 9.59 Å². The number of hydrogen-bond acceptors (Lipinski definition) is 4. The van der Waals surface area contributed by atoms with E-state index in [2.05, 4.69) is 5.32 Å². The predicted molar refractivity (Wildman–Crippen MR) is 74.7 cm³/mol. The Bertz CT molecular complexity index is 371. The molecule has 7 nitrogen and oxygen atoms in total. The van der Waals surface area contributed by atoms with E-state index in [0.29, 0.717) is 19.5 Å². The minimum atomic E-state index is -0.994. The maximum absolute atomic E-state index is 12.2. The van der Waals surface area contributed by atoms with Gasteiger partial charge in [-0.05, 0) is 27.9 Å². The number of rotatable bonds is 5. The first-order valence-corrected chi connectivity index (χ1v) is 6.66. The van der Waals surface area contributed by atoms with Gasteiger partial charge in [-0.15, -0.1) is 0 Å². The predicted octanol–water partition coefficient (Wildman–Crippen LogP) is 0.210. The molecule has 2 amide bonds. The summed E-state index contributed by atoms with van der Waals surface area (Å²) in [4.78, 5) is 26.7. The molecule has 0 aliphatic carbocycles. The van der Waals surface area contributed by atoms with Crippen LogP contribution in [0.2, 0.25) is 0 Å². The van der Waals surface area contributed by atoms with Crippen LogP contribution in [0.5, 0.6) is 0 Å². The molecule has 1 fully saturated rings. The van der Waals surface area contributed by atoms with Crippen LogP contribution in [0.25, 0.3) is 0 Å². The second-order valence-electron chi connectivity index (χ2n) is 5.97. The second kappa shape index (κ2) is 6.41. The molecule has 0 aromatic rings. The maximum Gasteiger partial charge on any atom is 0.326 e. The zero-order chi connectivity index (χ0) is 15.5. The molecule has 0 spiro atoms. The molecule has 0 saturated carbocycles. The summed E-state index contributed by atoms with van der Waals surface area (Å²) in [6.45, 7) is 4.76. The lowest BCUT2D eigenvalue weighted by atomic mass is 10.0. The summed E-state index contributed by atoms with van der Waals surface area (Å²) in [5, 5.41) is 12.0. The van der Waals surface area contributed by atoms with E-state index in [0.717, 1.165) is 0 Å². The number of methoxy groups -OCH3 is 1. The molecule has 2 atom stereocenters. The third-order valence-corrected chi connectivity index (χ3v) is 4.02. The molecule has 0 bridgehead atoms. The Labute approximate surface area is 119 Å². The van der Waals surface area contributed by atoms with Gasteiger partial charge in [0.1, 0.15) is 6.04 Å². The van der Waals surface area contributed by atoms with Crippen molar-refractivity contribution in [3.63, 3.8) is 0 Å². The summed E-state index contributed by atoms with van der Waals surface area (Å²) < 4.78 is 5.16. The molecule has 7 heteroatoms. The van der Waals surface area contributed by atoms with Crippen molar-refractivity contribution in [1.82, 2.24) is 15.1 Å². The zero-order valence-electron chi connectivity index (χ0n) is 12.8. The summed E-state index contributed by atoms with van der Waals surface area (Å²) in [5.74, 6) is -0.994. The van der Waals surface area contributed by atoms with E-state index in [4.69, 9.17) is 4.74 Å². The normalized spacial score (nSPS) is 23.2. The highest BCUT2D eigenvalue weighted by Crippen LogP contribution is 2.20. The van der Waals surface area contributed by atoms with Gasteiger partial charge < -0.3 is 25.0 Å². The lowest BCUT2D eigenvalue weighted by Crippen LogP contribution is -2.53. The molecule has 0 radical (unpaired) electrons. The zero-order valence-corrected chi connectivity index (χ0v) is 12.8. The number of carbonyl (C=O) groups is 2. The monoisotopic (exact) mass is 287 g/mol. The molecular formula is C13H25N3O4. The van der Waals surface area contributed by atoms with E-state index in [-0.39, 0.29) is 17.7 Å². The molecule has 20 heavy (non-hydrogen) atoms. The molecular weight excluding hydrogens is 262 g/mol. The number of carboxylic acid groups (broad SMARTS) is 1. The van der Waals surface area contributed by atoms with E-state index in [1.165, 1.54) is 12.0 Å². The van der Waals surface area contributed by atoms with Crippen molar-refractivity contribution in [3.8, 4) is 0 Å². The Hall–Kier alpha value is -1.34. The first-order chi connectivity index (χ1) is 9.19.